The first-order chi connectivity index (χ1) is 31.4. The molecular formula is C49H69N5O10. The number of aromatic amines is 1. The van der Waals surface area contributed by atoms with E-state index in [1.165, 1.54) is 11.1 Å². The highest BCUT2D eigenvalue weighted by Crippen LogP contribution is 2.41. The fraction of sp³-hybridized carbons (Fsp3) is 0.551. The molecule has 1 unspecified atom stereocenters. The molecule has 3 N–H and O–H groups in total. The summed E-state index contributed by atoms with van der Waals surface area (Å²) >= 11 is 0. The summed E-state index contributed by atoms with van der Waals surface area (Å²) in [5.74, 6) is 0.947. The molecule has 3 aliphatic rings. The lowest BCUT2D eigenvalue weighted by molar-refractivity contribution is 0.0160. The van der Waals surface area contributed by atoms with Gasteiger partial charge >= 0.3 is 0 Å². The first-order valence-electron chi connectivity index (χ1n) is 22.6. The first-order valence-corrected chi connectivity index (χ1v) is 22.6. The van der Waals surface area contributed by atoms with Gasteiger partial charge < -0.3 is 53.1 Å². The third-order valence-corrected chi connectivity index (χ3v) is 11.1. The van der Waals surface area contributed by atoms with E-state index >= 15 is 0 Å². The smallest absolute Gasteiger partial charge is 0.163 e. The van der Waals surface area contributed by atoms with Crippen LogP contribution >= 0.6 is 0 Å². The second-order valence-electron chi connectivity index (χ2n) is 15.3. The van der Waals surface area contributed by atoms with Gasteiger partial charge in [0, 0.05) is 56.5 Å². The molecule has 0 radical (unpaired) electrons. The number of aliphatic imine (C=N–C) groups is 4. The average Bonchev–Trinajstić information content (AvgIpc) is 3.90. The van der Waals surface area contributed by atoms with Crippen molar-refractivity contribution in [3.63, 3.8) is 0 Å². The van der Waals surface area contributed by atoms with E-state index in [9.17, 15) is 10.2 Å². The van der Waals surface area contributed by atoms with Crippen LogP contribution in [-0.2, 0) is 34.8 Å². The molecule has 0 fully saturated rings. The summed E-state index contributed by atoms with van der Waals surface area (Å²) in [5, 5.41) is 21.6. The number of hydrogen-bond donors (Lipinski definition) is 3. The molecular weight excluding hydrogens is 819 g/mol. The summed E-state index contributed by atoms with van der Waals surface area (Å²) in [6.07, 6.45) is 14.1. The van der Waals surface area contributed by atoms with Crippen molar-refractivity contribution in [2.75, 3.05) is 107 Å². The SMILES string of the molecule is CCC1=C(CC)C2/C=C3\N=C(C=Nc4cc(OCCOCCOCCOC)c(OCCOCCOCCOC)cc4N=C/C=c4/[nH]c(c(CCCO)c4C)=CC1=N2)C(C)=C3CCCO. The highest BCUT2D eigenvalue weighted by Gasteiger charge is 2.27. The second-order valence-corrected chi connectivity index (χ2v) is 15.3. The van der Waals surface area contributed by atoms with Crippen molar-refractivity contribution < 1.29 is 48.1 Å². The van der Waals surface area contributed by atoms with Crippen LogP contribution in [0.3, 0.4) is 0 Å². The van der Waals surface area contributed by atoms with E-state index in [-0.39, 0.29) is 32.5 Å². The van der Waals surface area contributed by atoms with Crippen molar-refractivity contribution in [1.29, 1.82) is 0 Å². The molecule has 3 aliphatic heterocycles. The minimum absolute atomic E-state index is 0.0721. The van der Waals surface area contributed by atoms with Gasteiger partial charge in [-0.1, -0.05) is 13.8 Å². The lowest BCUT2D eigenvalue weighted by atomic mass is 9.95. The largest absolute Gasteiger partial charge is 0.487 e. The summed E-state index contributed by atoms with van der Waals surface area (Å²) < 4.78 is 45.3. The predicted molar refractivity (Wildman–Crippen MR) is 253 cm³/mol. The van der Waals surface area contributed by atoms with Gasteiger partial charge in [0.25, 0.3) is 0 Å². The van der Waals surface area contributed by atoms with E-state index in [0.29, 0.717) is 115 Å². The van der Waals surface area contributed by atoms with Crippen LogP contribution in [0, 0.1) is 6.92 Å². The highest BCUT2D eigenvalue weighted by atomic mass is 16.6. The summed E-state index contributed by atoms with van der Waals surface area (Å²) in [6.45, 7) is 13.6. The molecule has 2 aromatic rings. The Balaban J connectivity index is 1.57. The van der Waals surface area contributed by atoms with Crippen molar-refractivity contribution in [3.05, 3.63) is 68.0 Å². The number of aliphatic hydroxyl groups is 2. The van der Waals surface area contributed by atoms with Gasteiger partial charge in [-0.3, -0.25) is 15.0 Å². The van der Waals surface area contributed by atoms with Gasteiger partial charge in [-0.25, -0.2) is 4.99 Å². The van der Waals surface area contributed by atoms with Gasteiger partial charge in [-0.15, -0.1) is 0 Å². The van der Waals surface area contributed by atoms with Gasteiger partial charge in [-0.2, -0.15) is 0 Å². The zero-order valence-electron chi connectivity index (χ0n) is 38.7. The first kappa shape index (κ1) is 50.4. The van der Waals surface area contributed by atoms with Crippen LogP contribution in [0.1, 0.15) is 64.0 Å². The zero-order valence-corrected chi connectivity index (χ0v) is 38.7. The normalized spacial score (nSPS) is 17.3. The van der Waals surface area contributed by atoms with Crippen LogP contribution in [0.5, 0.6) is 11.5 Å². The number of ether oxygens (including phenoxy) is 8. The molecule has 1 aromatic heterocycles. The standard InChI is InChI=1S/C49H69N5O10/c1-7-36-37(8-2)42-30-44-39(12-10-16-56)35(4)47(54-44)33-51-46-32-49(64-28-26-62-24-22-60-20-18-58-6)48(63-27-25-61-23-21-59-19-17-57-5)31-45(46)50-14-13-40-34(3)38(11-9-15-55)43(52-40)29-41(36)53-42/h13-14,29-33,42,52,55-56H,7-12,15-28H2,1-6H3/b40-13+,43-29?,44-30-,50-14?,51-33?. The van der Waals surface area contributed by atoms with Crippen molar-refractivity contribution >= 4 is 47.4 Å². The number of nitrogens with zero attached hydrogens (tertiary/aromatic N) is 4. The maximum Gasteiger partial charge on any atom is 0.163 e. The van der Waals surface area contributed by atoms with Crippen LogP contribution in [0.15, 0.2) is 66.2 Å². The number of rotatable bonds is 28. The summed E-state index contributed by atoms with van der Waals surface area (Å²) in [4.78, 5) is 24.1. The molecule has 0 amide bonds. The molecule has 1 atom stereocenters. The van der Waals surface area contributed by atoms with E-state index < -0.39 is 0 Å². The summed E-state index contributed by atoms with van der Waals surface area (Å²) in [6, 6.07) is 3.47. The fourth-order valence-corrected chi connectivity index (χ4v) is 7.68. The van der Waals surface area contributed by atoms with Crippen molar-refractivity contribution in [2.24, 2.45) is 20.0 Å². The lowest BCUT2D eigenvalue weighted by Crippen LogP contribution is -2.15. The van der Waals surface area contributed by atoms with Crippen molar-refractivity contribution in [1.82, 2.24) is 4.98 Å². The minimum atomic E-state index is -0.183. The molecule has 15 nitrogen and oxygen atoms in total. The number of methoxy groups -OCH3 is 2. The minimum Gasteiger partial charge on any atom is -0.487 e. The van der Waals surface area contributed by atoms with E-state index in [1.54, 1.807) is 26.6 Å². The third-order valence-electron chi connectivity index (χ3n) is 11.1. The van der Waals surface area contributed by atoms with Crippen LogP contribution in [0.25, 0.3) is 12.2 Å². The number of aromatic nitrogens is 1. The van der Waals surface area contributed by atoms with E-state index in [4.69, 9.17) is 57.9 Å². The number of hydrogen-bond acceptors (Lipinski definition) is 14. The topological polar surface area (TPSA) is 180 Å². The van der Waals surface area contributed by atoms with Crippen LogP contribution < -0.4 is 20.2 Å². The Morgan fingerprint density at radius 3 is 1.81 bits per heavy atom. The number of aliphatic hydroxyl groups excluding tert-OH is 2. The third kappa shape index (κ3) is 14.5. The maximum absolute atomic E-state index is 9.88. The summed E-state index contributed by atoms with van der Waals surface area (Å²) in [5.41, 5.74) is 10.4. The average molecular weight is 888 g/mol. The van der Waals surface area contributed by atoms with E-state index in [1.807, 2.05) is 18.2 Å². The molecule has 0 saturated heterocycles. The number of allylic oxidation sites excluding steroid dienone is 3. The Morgan fingerprint density at radius 1 is 0.656 bits per heavy atom. The van der Waals surface area contributed by atoms with Gasteiger partial charge in [0.15, 0.2) is 11.5 Å². The Labute approximate surface area is 378 Å². The van der Waals surface area contributed by atoms with Crippen LogP contribution in [0.2, 0.25) is 0 Å². The van der Waals surface area contributed by atoms with Gasteiger partial charge in [0.2, 0.25) is 0 Å². The van der Waals surface area contributed by atoms with Crippen LogP contribution in [0.4, 0.5) is 11.4 Å². The molecule has 0 spiro atoms. The fourth-order valence-electron chi connectivity index (χ4n) is 7.68. The van der Waals surface area contributed by atoms with Gasteiger partial charge in [0.05, 0.1) is 107 Å². The molecule has 350 valence electrons. The quantitative estimate of drug-likeness (QED) is 0.0936. The van der Waals surface area contributed by atoms with Crippen molar-refractivity contribution in [2.45, 2.75) is 72.3 Å². The number of H-pyrrole nitrogens is 1. The lowest BCUT2D eigenvalue weighted by Gasteiger charge is -2.15. The van der Waals surface area contributed by atoms with Crippen LogP contribution in [-0.4, -0.2) is 152 Å². The molecule has 15 heteroatoms. The molecule has 6 bridgehead atoms. The number of benzene rings is 1. The maximum atomic E-state index is 9.88. The molecule has 4 heterocycles. The molecule has 64 heavy (non-hydrogen) atoms. The van der Waals surface area contributed by atoms with Gasteiger partial charge in [-0.05, 0) is 104 Å². The molecule has 1 aromatic carbocycles. The number of nitrogens with one attached hydrogen (secondary N) is 1. The second kappa shape index (κ2) is 27.7. The Bertz CT molecular complexity index is 2170. The van der Waals surface area contributed by atoms with E-state index in [2.05, 4.69) is 44.8 Å². The Hall–Kier alpha value is -4.58. The van der Waals surface area contributed by atoms with Gasteiger partial charge in [0.1, 0.15) is 13.2 Å². The highest BCUT2D eigenvalue weighted by molar-refractivity contribution is 6.40. The predicted octanol–water partition coefficient (Wildman–Crippen LogP) is 5.41. The zero-order chi connectivity index (χ0) is 45.5. The van der Waals surface area contributed by atoms with Crippen molar-refractivity contribution in [3.8, 4) is 11.5 Å². The molecule has 0 saturated carbocycles. The Kier molecular flexibility index (Phi) is 21.8. The Morgan fingerprint density at radius 2 is 1.23 bits per heavy atom. The van der Waals surface area contributed by atoms with E-state index in [0.717, 1.165) is 62.9 Å². The monoisotopic (exact) mass is 888 g/mol. The summed E-state index contributed by atoms with van der Waals surface area (Å²) in [7, 11) is 3.28. The number of fused-ring (bicyclic) bond motifs is 5. The molecule has 5 rings (SSSR count). The molecule has 0 aliphatic carbocycles.